The molecule has 8 heteroatoms. The molecule has 0 atom stereocenters. The topological polar surface area (TPSA) is 87.7 Å². The van der Waals surface area contributed by atoms with Crippen LogP contribution in [-0.2, 0) is 4.74 Å². The van der Waals surface area contributed by atoms with Gasteiger partial charge in [0.05, 0.1) is 12.2 Å². The van der Waals surface area contributed by atoms with Crippen molar-refractivity contribution in [1.82, 2.24) is 20.2 Å². The number of hydrogen-bond donors (Lipinski definition) is 1. The van der Waals surface area contributed by atoms with Crippen LogP contribution >= 0.6 is 0 Å². The van der Waals surface area contributed by atoms with Gasteiger partial charge in [-0.15, -0.1) is 0 Å². The highest BCUT2D eigenvalue weighted by Crippen LogP contribution is 2.19. The number of allylic oxidation sites excluding steroid dienone is 1. The molecule has 8 nitrogen and oxygen atoms in total. The van der Waals surface area contributed by atoms with Crippen molar-refractivity contribution in [2.45, 2.75) is 39.0 Å². The van der Waals surface area contributed by atoms with Crippen LogP contribution in [0.1, 0.15) is 49.4 Å². The van der Waals surface area contributed by atoms with Gasteiger partial charge in [0.25, 0.3) is 5.91 Å². The van der Waals surface area contributed by atoms with Gasteiger partial charge in [0.2, 0.25) is 5.95 Å². The molecule has 28 heavy (non-hydrogen) atoms. The van der Waals surface area contributed by atoms with Crippen LogP contribution in [0.4, 0.5) is 10.7 Å². The van der Waals surface area contributed by atoms with Gasteiger partial charge in [0.1, 0.15) is 0 Å². The molecule has 0 radical (unpaired) electrons. The Kier molecular flexibility index (Phi) is 7.22. The molecule has 1 saturated heterocycles. The molecule has 1 aromatic heterocycles. The smallest absolute Gasteiger partial charge is 0.409 e. The second kappa shape index (κ2) is 10.1. The molecular formula is C20H29N5O3. The number of anilines is 1. The van der Waals surface area contributed by atoms with Crippen molar-refractivity contribution in [3.8, 4) is 0 Å². The van der Waals surface area contributed by atoms with Gasteiger partial charge in [-0.05, 0) is 39.0 Å². The summed E-state index contributed by atoms with van der Waals surface area (Å²) >= 11 is 0. The molecular weight excluding hydrogens is 358 g/mol. The fraction of sp³-hybridized carbons (Fsp3) is 0.600. The van der Waals surface area contributed by atoms with Crippen LogP contribution in [0.15, 0.2) is 24.0 Å². The van der Waals surface area contributed by atoms with E-state index in [0.717, 1.165) is 19.3 Å². The van der Waals surface area contributed by atoms with Crippen LogP contribution in [0.3, 0.4) is 0 Å². The van der Waals surface area contributed by atoms with Crippen LogP contribution < -0.4 is 10.2 Å². The standard InChI is InChI=1S/C20H29N5O3/c1-2-28-20(27)25-12-10-24(11-13-25)19-22-14-17(15-23-19)18(26)21-9-8-16-6-4-3-5-7-16/h6,14-15H,2-5,7-13H2,1H3,(H,21,26). The zero-order valence-corrected chi connectivity index (χ0v) is 16.5. The van der Waals surface area contributed by atoms with Gasteiger partial charge >= 0.3 is 6.09 Å². The van der Waals surface area contributed by atoms with E-state index in [2.05, 4.69) is 21.4 Å². The number of nitrogens with zero attached hydrogens (tertiary/aromatic N) is 4. The van der Waals surface area contributed by atoms with Crippen molar-refractivity contribution in [2.75, 3.05) is 44.2 Å². The van der Waals surface area contributed by atoms with Gasteiger partial charge in [-0.25, -0.2) is 14.8 Å². The highest BCUT2D eigenvalue weighted by Gasteiger charge is 2.23. The van der Waals surface area contributed by atoms with E-state index in [1.54, 1.807) is 24.2 Å². The Morgan fingerprint density at radius 1 is 1.14 bits per heavy atom. The molecule has 152 valence electrons. The Morgan fingerprint density at radius 3 is 2.54 bits per heavy atom. The van der Waals surface area contributed by atoms with E-state index >= 15 is 0 Å². The average molecular weight is 387 g/mol. The lowest BCUT2D eigenvalue weighted by Crippen LogP contribution is -2.49. The molecule has 2 amide bonds. The van der Waals surface area contributed by atoms with E-state index in [-0.39, 0.29) is 12.0 Å². The first kappa shape index (κ1) is 20.1. The summed E-state index contributed by atoms with van der Waals surface area (Å²) in [5.74, 6) is 0.433. The monoisotopic (exact) mass is 387 g/mol. The molecule has 3 rings (SSSR count). The van der Waals surface area contributed by atoms with Crippen molar-refractivity contribution >= 4 is 17.9 Å². The molecule has 0 saturated carbocycles. The molecule has 1 N–H and O–H groups in total. The van der Waals surface area contributed by atoms with Crippen LogP contribution in [0, 0.1) is 0 Å². The van der Waals surface area contributed by atoms with Crippen LogP contribution in [0.5, 0.6) is 0 Å². The third-order valence-corrected chi connectivity index (χ3v) is 5.11. The third-order valence-electron chi connectivity index (χ3n) is 5.11. The van der Waals surface area contributed by atoms with E-state index in [0.29, 0.717) is 50.8 Å². The fourth-order valence-corrected chi connectivity index (χ4v) is 3.48. The lowest BCUT2D eigenvalue weighted by molar-refractivity contribution is 0.0952. The second-order valence-corrected chi connectivity index (χ2v) is 7.06. The lowest BCUT2D eigenvalue weighted by atomic mass is 9.97. The van der Waals surface area contributed by atoms with Gasteiger partial charge in [-0.1, -0.05) is 11.6 Å². The van der Waals surface area contributed by atoms with Crippen molar-refractivity contribution < 1.29 is 14.3 Å². The first-order valence-corrected chi connectivity index (χ1v) is 10.1. The third kappa shape index (κ3) is 5.43. The Morgan fingerprint density at radius 2 is 1.89 bits per heavy atom. The molecule has 1 fully saturated rings. The summed E-state index contributed by atoms with van der Waals surface area (Å²) in [5.41, 5.74) is 1.91. The number of rotatable bonds is 6. The van der Waals surface area contributed by atoms with Gasteiger partial charge < -0.3 is 19.9 Å². The minimum Gasteiger partial charge on any atom is -0.450 e. The van der Waals surface area contributed by atoms with E-state index < -0.39 is 0 Å². The summed E-state index contributed by atoms with van der Waals surface area (Å²) in [4.78, 5) is 36.4. The molecule has 2 aliphatic rings. The van der Waals surface area contributed by atoms with Gasteiger partial charge in [-0.2, -0.15) is 0 Å². The summed E-state index contributed by atoms with van der Waals surface area (Å²) in [6.45, 7) is 5.23. The van der Waals surface area contributed by atoms with Crippen molar-refractivity contribution in [2.24, 2.45) is 0 Å². The second-order valence-electron chi connectivity index (χ2n) is 7.06. The Balaban J connectivity index is 1.45. The molecule has 2 heterocycles. The molecule has 0 aromatic carbocycles. The molecule has 0 unspecified atom stereocenters. The highest BCUT2D eigenvalue weighted by atomic mass is 16.6. The van der Waals surface area contributed by atoms with Gasteiger partial charge in [0.15, 0.2) is 0 Å². The number of amides is 2. The van der Waals surface area contributed by atoms with Gasteiger partial charge in [-0.3, -0.25) is 4.79 Å². The summed E-state index contributed by atoms with van der Waals surface area (Å²) in [6.07, 6.45) is 10.9. The van der Waals surface area contributed by atoms with E-state index in [1.165, 1.54) is 18.4 Å². The minimum absolute atomic E-state index is 0.143. The predicted octanol–water partition coefficient (Wildman–Crippen LogP) is 2.38. The highest BCUT2D eigenvalue weighted by molar-refractivity contribution is 5.93. The quantitative estimate of drug-likeness (QED) is 0.754. The van der Waals surface area contributed by atoms with Crippen LogP contribution in [-0.4, -0.2) is 66.2 Å². The van der Waals surface area contributed by atoms with Crippen molar-refractivity contribution in [3.63, 3.8) is 0 Å². The van der Waals surface area contributed by atoms with Crippen molar-refractivity contribution in [3.05, 3.63) is 29.6 Å². The first-order valence-electron chi connectivity index (χ1n) is 10.1. The molecule has 1 aliphatic heterocycles. The zero-order valence-electron chi connectivity index (χ0n) is 16.5. The zero-order chi connectivity index (χ0) is 19.8. The number of carbonyl (C=O) groups is 2. The average Bonchev–Trinajstić information content (AvgIpc) is 2.75. The van der Waals surface area contributed by atoms with Crippen LogP contribution in [0.25, 0.3) is 0 Å². The van der Waals surface area contributed by atoms with E-state index in [1.807, 2.05) is 4.90 Å². The van der Waals surface area contributed by atoms with Crippen molar-refractivity contribution in [1.29, 1.82) is 0 Å². The normalized spacial score (nSPS) is 17.1. The number of carbonyl (C=O) groups excluding carboxylic acids is 2. The number of aromatic nitrogens is 2. The maximum absolute atomic E-state index is 12.3. The maximum atomic E-state index is 12.3. The predicted molar refractivity (Wildman–Crippen MR) is 106 cm³/mol. The van der Waals surface area contributed by atoms with Crippen LogP contribution in [0.2, 0.25) is 0 Å². The first-order chi connectivity index (χ1) is 13.7. The molecule has 0 bridgehead atoms. The number of nitrogens with one attached hydrogen (secondary N) is 1. The van der Waals surface area contributed by atoms with Gasteiger partial charge in [0, 0.05) is 45.1 Å². The largest absolute Gasteiger partial charge is 0.450 e. The fourth-order valence-electron chi connectivity index (χ4n) is 3.48. The van der Waals surface area contributed by atoms with E-state index in [9.17, 15) is 9.59 Å². The minimum atomic E-state index is -0.279. The SMILES string of the molecule is CCOC(=O)N1CCN(c2ncc(C(=O)NCCC3=CCCCC3)cn2)CC1. The summed E-state index contributed by atoms with van der Waals surface area (Å²) in [5, 5.41) is 2.94. The summed E-state index contributed by atoms with van der Waals surface area (Å²) in [7, 11) is 0. The van der Waals surface area contributed by atoms with E-state index in [4.69, 9.17) is 4.74 Å². The molecule has 0 spiro atoms. The summed E-state index contributed by atoms with van der Waals surface area (Å²) in [6, 6.07) is 0. The number of ether oxygens (including phenoxy) is 1. The Bertz CT molecular complexity index is 696. The number of piperazine rings is 1. The number of hydrogen-bond acceptors (Lipinski definition) is 6. The Hall–Kier alpha value is -2.64. The molecule has 1 aliphatic carbocycles. The maximum Gasteiger partial charge on any atom is 0.409 e. The summed E-state index contributed by atoms with van der Waals surface area (Å²) < 4.78 is 5.02. The molecule has 1 aromatic rings. The lowest BCUT2D eigenvalue weighted by Gasteiger charge is -2.33. The Labute approximate surface area is 166 Å².